The molecule has 0 aromatic heterocycles. The van der Waals surface area contributed by atoms with Crippen molar-refractivity contribution in [3.05, 3.63) is 12.2 Å². The van der Waals surface area contributed by atoms with Gasteiger partial charge in [0.2, 0.25) is 11.8 Å². The standard InChI is InChI=1S/C18H30N2O6/c1-5-6-7-8-15(21)20-11-16(22)19-10-13(4)18(25)26-14(17(23)24)9-12(2)3/h7-8,12-14H,5-6,9-11H2,1-4H3,(H,19,22)(H,20,21)(H,23,24). The van der Waals surface area contributed by atoms with E-state index in [1.54, 1.807) is 6.08 Å². The summed E-state index contributed by atoms with van der Waals surface area (Å²) in [6.45, 7) is 6.97. The maximum atomic E-state index is 11.9. The molecular weight excluding hydrogens is 340 g/mol. The van der Waals surface area contributed by atoms with Gasteiger partial charge in [-0.1, -0.05) is 40.2 Å². The molecule has 0 fully saturated rings. The molecule has 3 N–H and O–H groups in total. The zero-order valence-corrected chi connectivity index (χ0v) is 15.9. The molecule has 0 saturated carbocycles. The number of unbranched alkanes of at least 4 members (excludes halogenated alkanes) is 1. The molecular formula is C18H30N2O6. The highest BCUT2D eigenvalue weighted by atomic mass is 16.6. The number of carboxylic acid groups (broad SMARTS) is 1. The first-order chi connectivity index (χ1) is 12.2. The Morgan fingerprint density at radius 1 is 1.12 bits per heavy atom. The molecule has 2 unspecified atom stereocenters. The molecule has 0 heterocycles. The molecule has 0 saturated heterocycles. The zero-order chi connectivity index (χ0) is 20.1. The third kappa shape index (κ3) is 11.2. The van der Waals surface area contributed by atoms with Gasteiger partial charge in [-0.2, -0.15) is 0 Å². The van der Waals surface area contributed by atoms with Gasteiger partial charge in [0.15, 0.2) is 6.10 Å². The number of esters is 1. The molecule has 2 atom stereocenters. The van der Waals surface area contributed by atoms with Crippen LogP contribution in [0.15, 0.2) is 12.2 Å². The van der Waals surface area contributed by atoms with Crippen molar-refractivity contribution in [3.8, 4) is 0 Å². The van der Waals surface area contributed by atoms with Crippen molar-refractivity contribution >= 4 is 23.8 Å². The summed E-state index contributed by atoms with van der Waals surface area (Å²) in [5.41, 5.74) is 0. The van der Waals surface area contributed by atoms with Crippen LogP contribution in [0.4, 0.5) is 0 Å². The number of carbonyl (C=O) groups is 4. The van der Waals surface area contributed by atoms with E-state index in [9.17, 15) is 19.2 Å². The van der Waals surface area contributed by atoms with Crippen molar-refractivity contribution in [1.29, 1.82) is 0 Å². The van der Waals surface area contributed by atoms with Gasteiger partial charge < -0.3 is 20.5 Å². The Morgan fingerprint density at radius 3 is 2.31 bits per heavy atom. The van der Waals surface area contributed by atoms with E-state index in [0.717, 1.165) is 12.8 Å². The molecule has 8 heteroatoms. The van der Waals surface area contributed by atoms with E-state index in [1.807, 2.05) is 20.8 Å². The predicted molar refractivity (Wildman–Crippen MR) is 96.2 cm³/mol. The minimum absolute atomic E-state index is 0.00672. The molecule has 0 bridgehead atoms. The summed E-state index contributed by atoms with van der Waals surface area (Å²) in [4.78, 5) is 46.2. The SMILES string of the molecule is CCCC=CC(=O)NCC(=O)NCC(C)C(=O)OC(CC(C)C)C(=O)O. The van der Waals surface area contributed by atoms with Crippen LogP contribution in [0.5, 0.6) is 0 Å². The van der Waals surface area contributed by atoms with Crippen LogP contribution < -0.4 is 10.6 Å². The number of hydrogen-bond acceptors (Lipinski definition) is 5. The molecule has 0 aliphatic heterocycles. The van der Waals surface area contributed by atoms with Gasteiger partial charge in [-0.3, -0.25) is 14.4 Å². The summed E-state index contributed by atoms with van der Waals surface area (Å²) in [5, 5.41) is 14.0. The largest absolute Gasteiger partial charge is 0.479 e. The minimum Gasteiger partial charge on any atom is -0.479 e. The van der Waals surface area contributed by atoms with Gasteiger partial charge in [-0.25, -0.2) is 4.79 Å². The highest BCUT2D eigenvalue weighted by Crippen LogP contribution is 2.11. The lowest BCUT2D eigenvalue weighted by Gasteiger charge is -2.18. The van der Waals surface area contributed by atoms with E-state index >= 15 is 0 Å². The fourth-order valence-electron chi connectivity index (χ4n) is 1.88. The van der Waals surface area contributed by atoms with Gasteiger partial charge in [-0.05, 0) is 24.8 Å². The molecule has 2 amide bonds. The number of amides is 2. The maximum absolute atomic E-state index is 11.9. The van der Waals surface area contributed by atoms with Crippen LogP contribution in [0.25, 0.3) is 0 Å². The molecule has 8 nitrogen and oxygen atoms in total. The number of nitrogens with one attached hydrogen (secondary N) is 2. The Labute approximate surface area is 154 Å². The number of carbonyl (C=O) groups excluding carboxylic acids is 3. The number of ether oxygens (including phenoxy) is 1. The molecule has 0 radical (unpaired) electrons. The molecule has 0 aromatic carbocycles. The van der Waals surface area contributed by atoms with E-state index in [0.29, 0.717) is 0 Å². The first-order valence-electron chi connectivity index (χ1n) is 8.81. The highest BCUT2D eigenvalue weighted by Gasteiger charge is 2.26. The first-order valence-corrected chi connectivity index (χ1v) is 8.81. The van der Waals surface area contributed by atoms with Crippen molar-refractivity contribution in [2.24, 2.45) is 11.8 Å². The smallest absolute Gasteiger partial charge is 0.345 e. The van der Waals surface area contributed by atoms with Crippen LogP contribution in [-0.4, -0.2) is 48.1 Å². The molecule has 148 valence electrons. The number of carboxylic acids is 1. The minimum atomic E-state index is -1.20. The Kier molecular flexibility index (Phi) is 11.7. The van der Waals surface area contributed by atoms with Crippen LogP contribution in [0, 0.1) is 11.8 Å². The van der Waals surface area contributed by atoms with Gasteiger partial charge >= 0.3 is 11.9 Å². The van der Waals surface area contributed by atoms with Crippen LogP contribution in [0.1, 0.15) is 47.0 Å². The normalized spacial score (nSPS) is 13.3. The summed E-state index contributed by atoms with van der Waals surface area (Å²) >= 11 is 0. The summed E-state index contributed by atoms with van der Waals surface area (Å²) < 4.78 is 5.00. The van der Waals surface area contributed by atoms with E-state index in [4.69, 9.17) is 9.84 Å². The fraction of sp³-hybridized carbons (Fsp3) is 0.667. The second-order valence-electron chi connectivity index (χ2n) is 6.51. The van der Waals surface area contributed by atoms with E-state index in [2.05, 4.69) is 10.6 Å². The second-order valence-corrected chi connectivity index (χ2v) is 6.51. The highest BCUT2D eigenvalue weighted by molar-refractivity contribution is 5.91. The lowest BCUT2D eigenvalue weighted by molar-refractivity contribution is -0.167. The third-order valence-corrected chi connectivity index (χ3v) is 3.37. The van der Waals surface area contributed by atoms with Crippen molar-refractivity contribution in [1.82, 2.24) is 10.6 Å². The van der Waals surface area contributed by atoms with E-state index < -0.39 is 29.9 Å². The average molecular weight is 370 g/mol. The second kappa shape index (κ2) is 12.9. The molecule has 0 spiro atoms. The first kappa shape index (κ1) is 23.6. The molecule has 0 aliphatic carbocycles. The Hall–Kier alpha value is -2.38. The number of allylic oxidation sites excluding steroid dienone is 1. The number of aliphatic carboxylic acids is 1. The number of hydrogen-bond donors (Lipinski definition) is 3. The lowest BCUT2D eigenvalue weighted by atomic mass is 10.1. The van der Waals surface area contributed by atoms with Gasteiger partial charge in [0.1, 0.15) is 0 Å². The predicted octanol–water partition coefficient (Wildman–Crippen LogP) is 1.25. The molecule has 0 aromatic rings. The fourth-order valence-corrected chi connectivity index (χ4v) is 1.88. The third-order valence-electron chi connectivity index (χ3n) is 3.37. The van der Waals surface area contributed by atoms with Gasteiger partial charge in [0.05, 0.1) is 12.5 Å². The van der Waals surface area contributed by atoms with Crippen molar-refractivity contribution in [2.45, 2.75) is 53.1 Å². The Bertz CT molecular complexity index is 516. The summed E-state index contributed by atoms with van der Waals surface area (Å²) in [6.07, 6.45) is 3.83. The van der Waals surface area contributed by atoms with Gasteiger partial charge in [-0.15, -0.1) is 0 Å². The topological polar surface area (TPSA) is 122 Å². The van der Waals surface area contributed by atoms with Crippen molar-refractivity contribution in [2.75, 3.05) is 13.1 Å². The van der Waals surface area contributed by atoms with Crippen LogP contribution in [-0.2, 0) is 23.9 Å². The Morgan fingerprint density at radius 2 is 1.77 bits per heavy atom. The summed E-state index contributed by atoms with van der Waals surface area (Å²) in [7, 11) is 0. The maximum Gasteiger partial charge on any atom is 0.345 e. The summed E-state index contributed by atoms with van der Waals surface area (Å²) in [6, 6.07) is 0. The van der Waals surface area contributed by atoms with Crippen molar-refractivity contribution < 1.29 is 29.0 Å². The average Bonchev–Trinajstić information content (AvgIpc) is 2.56. The lowest BCUT2D eigenvalue weighted by Crippen LogP contribution is -2.40. The van der Waals surface area contributed by atoms with Gasteiger partial charge in [0.25, 0.3) is 0 Å². The molecule has 0 rings (SSSR count). The van der Waals surface area contributed by atoms with E-state index in [1.165, 1.54) is 13.0 Å². The molecule has 0 aliphatic rings. The van der Waals surface area contributed by atoms with Crippen LogP contribution in [0.3, 0.4) is 0 Å². The van der Waals surface area contributed by atoms with E-state index in [-0.39, 0.29) is 31.3 Å². The van der Waals surface area contributed by atoms with Crippen LogP contribution >= 0.6 is 0 Å². The Balaban J connectivity index is 4.23. The van der Waals surface area contributed by atoms with Crippen LogP contribution in [0.2, 0.25) is 0 Å². The number of rotatable bonds is 12. The monoisotopic (exact) mass is 370 g/mol. The van der Waals surface area contributed by atoms with Crippen molar-refractivity contribution in [3.63, 3.8) is 0 Å². The summed E-state index contributed by atoms with van der Waals surface area (Å²) in [5.74, 6) is -3.33. The quantitative estimate of drug-likeness (QED) is 0.351. The zero-order valence-electron chi connectivity index (χ0n) is 15.9. The molecule has 26 heavy (non-hydrogen) atoms. The van der Waals surface area contributed by atoms with Gasteiger partial charge in [0, 0.05) is 6.54 Å².